The molecule has 0 aliphatic carbocycles. The van der Waals surface area contributed by atoms with Crippen molar-refractivity contribution >= 4 is 20.0 Å². The first-order valence-corrected chi connectivity index (χ1v) is 5.13. The lowest BCUT2D eigenvalue weighted by Gasteiger charge is -2.08. The number of hydrogen-bond donors (Lipinski definition) is 3. The van der Waals surface area contributed by atoms with Crippen LogP contribution in [0.15, 0.2) is 0 Å². The summed E-state index contributed by atoms with van der Waals surface area (Å²) in [7, 11) is -2.80. The second-order valence-electron chi connectivity index (χ2n) is 2.66. The third-order valence-corrected chi connectivity index (χ3v) is 2.32. The van der Waals surface area contributed by atoms with Crippen LogP contribution in [-0.4, -0.2) is 33.2 Å². The molecule has 84 valence electrons. The van der Waals surface area contributed by atoms with Crippen molar-refractivity contribution in [2.75, 3.05) is 6.16 Å². The van der Waals surface area contributed by atoms with E-state index >= 15 is 0 Å². The number of carboxylic acids is 2. The SMILES string of the molecule is C.O=C(O)CC(CC(=O)O)C[PH](=O)O. The molecule has 0 bridgehead atoms. The van der Waals surface area contributed by atoms with Gasteiger partial charge in [-0.2, -0.15) is 0 Å². The Labute approximate surface area is 82.4 Å². The van der Waals surface area contributed by atoms with E-state index < -0.39 is 25.9 Å². The molecule has 0 aliphatic heterocycles. The van der Waals surface area contributed by atoms with Gasteiger partial charge in [-0.25, -0.2) is 0 Å². The molecule has 0 saturated heterocycles. The first-order chi connectivity index (χ1) is 5.91. The van der Waals surface area contributed by atoms with Crippen LogP contribution < -0.4 is 0 Å². The minimum absolute atomic E-state index is 0. The van der Waals surface area contributed by atoms with Gasteiger partial charge < -0.3 is 15.1 Å². The number of carboxylic acid groups (broad SMARTS) is 2. The van der Waals surface area contributed by atoms with Crippen molar-refractivity contribution in [2.24, 2.45) is 5.92 Å². The highest BCUT2D eigenvalue weighted by atomic mass is 31.1. The molecule has 1 unspecified atom stereocenters. The topological polar surface area (TPSA) is 112 Å². The van der Waals surface area contributed by atoms with Crippen molar-refractivity contribution in [3.63, 3.8) is 0 Å². The molecular weight excluding hydrogens is 211 g/mol. The summed E-state index contributed by atoms with van der Waals surface area (Å²) in [6.07, 6.45) is -1.02. The number of carbonyl (C=O) groups is 2. The zero-order chi connectivity index (χ0) is 10.4. The van der Waals surface area contributed by atoms with E-state index in [1.165, 1.54) is 0 Å². The van der Waals surface area contributed by atoms with E-state index in [-0.39, 0.29) is 26.4 Å². The largest absolute Gasteiger partial charge is 0.481 e. The fourth-order valence-corrected chi connectivity index (χ4v) is 1.74. The highest BCUT2D eigenvalue weighted by molar-refractivity contribution is 7.38. The fraction of sp³-hybridized carbons (Fsp3) is 0.714. The molecule has 0 aromatic heterocycles. The monoisotopic (exact) mass is 226 g/mol. The number of aliphatic carboxylic acids is 2. The van der Waals surface area contributed by atoms with Gasteiger partial charge in [0.15, 0.2) is 8.03 Å². The Bertz CT molecular complexity index is 188. The van der Waals surface area contributed by atoms with E-state index in [1.54, 1.807) is 0 Å². The smallest absolute Gasteiger partial charge is 0.303 e. The van der Waals surface area contributed by atoms with E-state index in [9.17, 15) is 14.2 Å². The molecule has 0 fully saturated rings. The van der Waals surface area contributed by atoms with Crippen molar-refractivity contribution in [1.82, 2.24) is 0 Å². The van der Waals surface area contributed by atoms with E-state index in [1.807, 2.05) is 0 Å². The lowest BCUT2D eigenvalue weighted by molar-refractivity contribution is -0.140. The molecule has 3 N–H and O–H groups in total. The van der Waals surface area contributed by atoms with Gasteiger partial charge in [-0.3, -0.25) is 14.2 Å². The van der Waals surface area contributed by atoms with E-state index in [0.717, 1.165) is 0 Å². The summed E-state index contributed by atoms with van der Waals surface area (Å²) >= 11 is 0. The fourth-order valence-electron chi connectivity index (χ4n) is 0.957. The molecule has 1 atom stereocenters. The average Bonchev–Trinajstić information content (AvgIpc) is 1.80. The van der Waals surface area contributed by atoms with Crippen LogP contribution in [0.5, 0.6) is 0 Å². The molecule has 0 aromatic rings. The van der Waals surface area contributed by atoms with Gasteiger partial charge in [0.1, 0.15) is 0 Å². The van der Waals surface area contributed by atoms with Gasteiger partial charge in [-0.05, 0) is 5.92 Å². The van der Waals surface area contributed by atoms with Crippen molar-refractivity contribution in [1.29, 1.82) is 0 Å². The summed E-state index contributed by atoms with van der Waals surface area (Å²) in [6, 6.07) is 0. The summed E-state index contributed by atoms with van der Waals surface area (Å²) in [5, 5.41) is 16.7. The lowest BCUT2D eigenvalue weighted by atomic mass is 10.0. The van der Waals surface area contributed by atoms with Crippen LogP contribution in [0.2, 0.25) is 0 Å². The van der Waals surface area contributed by atoms with Crippen LogP contribution in [-0.2, 0) is 14.2 Å². The van der Waals surface area contributed by atoms with Crippen LogP contribution in [0.3, 0.4) is 0 Å². The zero-order valence-corrected chi connectivity index (χ0v) is 7.77. The molecule has 0 saturated carbocycles. The molecule has 0 spiro atoms. The van der Waals surface area contributed by atoms with E-state index in [0.29, 0.717) is 0 Å². The van der Waals surface area contributed by atoms with Crippen LogP contribution >= 0.6 is 8.03 Å². The molecule has 14 heavy (non-hydrogen) atoms. The van der Waals surface area contributed by atoms with Crippen LogP contribution in [0, 0.1) is 5.92 Å². The predicted molar refractivity (Wildman–Crippen MR) is 50.8 cm³/mol. The molecule has 7 heteroatoms. The Balaban J connectivity index is 0. The zero-order valence-electron chi connectivity index (χ0n) is 6.77. The summed E-state index contributed by atoms with van der Waals surface area (Å²) in [6.45, 7) is 0. The number of rotatable bonds is 6. The van der Waals surface area contributed by atoms with E-state index in [2.05, 4.69) is 0 Å². The van der Waals surface area contributed by atoms with Crippen molar-refractivity contribution in [3.05, 3.63) is 0 Å². The highest BCUT2D eigenvalue weighted by Gasteiger charge is 2.18. The van der Waals surface area contributed by atoms with Gasteiger partial charge in [-0.1, -0.05) is 7.43 Å². The van der Waals surface area contributed by atoms with Crippen molar-refractivity contribution in [2.45, 2.75) is 20.3 Å². The number of hydrogen-bond acceptors (Lipinski definition) is 3. The molecule has 0 aliphatic rings. The molecule has 0 amide bonds. The van der Waals surface area contributed by atoms with Gasteiger partial charge in [0.2, 0.25) is 0 Å². The predicted octanol–water partition coefficient (Wildman–Crippen LogP) is 0.655. The Morgan fingerprint density at radius 1 is 1.14 bits per heavy atom. The van der Waals surface area contributed by atoms with Crippen molar-refractivity contribution < 1.29 is 29.3 Å². The average molecular weight is 226 g/mol. The Morgan fingerprint density at radius 2 is 1.50 bits per heavy atom. The molecule has 6 nitrogen and oxygen atoms in total. The first kappa shape index (κ1) is 15.6. The maximum absolute atomic E-state index is 10.4. The second-order valence-corrected chi connectivity index (χ2v) is 3.86. The lowest BCUT2D eigenvalue weighted by Crippen LogP contribution is -2.14. The normalized spacial score (nSPS) is 11.9. The van der Waals surface area contributed by atoms with E-state index in [4.69, 9.17) is 15.1 Å². The maximum Gasteiger partial charge on any atom is 0.303 e. The third kappa shape index (κ3) is 9.22. The summed E-state index contributed by atoms with van der Waals surface area (Å²) in [5.74, 6) is -3.07. The van der Waals surface area contributed by atoms with Crippen LogP contribution in [0.1, 0.15) is 20.3 Å². The van der Waals surface area contributed by atoms with Crippen LogP contribution in [0.4, 0.5) is 0 Å². The minimum Gasteiger partial charge on any atom is -0.481 e. The molecule has 0 aromatic carbocycles. The summed E-state index contributed by atoms with van der Waals surface area (Å²) in [4.78, 5) is 28.9. The van der Waals surface area contributed by atoms with Crippen molar-refractivity contribution in [3.8, 4) is 0 Å². The summed E-state index contributed by atoms with van der Waals surface area (Å²) < 4.78 is 10.4. The Kier molecular flexibility index (Phi) is 8.38. The standard InChI is InChI=1S/C6H11O6P.CH4/c7-5(8)1-4(2-6(9)10)3-13(11)12;/h4,13H,1-3H2,(H,7,8)(H,9,10)(H,11,12);1H4. The maximum atomic E-state index is 10.4. The minimum atomic E-state index is -2.80. The highest BCUT2D eigenvalue weighted by Crippen LogP contribution is 2.22. The van der Waals surface area contributed by atoms with Crippen LogP contribution in [0.25, 0.3) is 0 Å². The third-order valence-electron chi connectivity index (χ3n) is 1.39. The Hall–Kier alpha value is -0.870. The molecule has 0 heterocycles. The van der Waals surface area contributed by atoms with Gasteiger partial charge in [0, 0.05) is 19.0 Å². The molecule has 0 rings (SSSR count). The van der Waals surface area contributed by atoms with Gasteiger partial charge in [-0.15, -0.1) is 0 Å². The van der Waals surface area contributed by atoms with Gasteiger partial charge in [0.25, 0.3) is 0 Å². The van der Waals surface area contributed by atoms with Gasteiger partial charge in [0.05, 0.1) is 0 Å². The summed E-state index contributed by atoms with van der Waals surface area (Å²) in [5.41, 5.74) is 0. The quantitative estimate of drug-likeness (QED) is 0.573. The first-order valence-electron chi connectivity index (χ1n) is 3.57. The molecule has 0 radical (unpaired) electrons. The Morgan fingerprint density at radius 3 is 1.71 bits per heavy atom. The second kappa shape index (κ2) is 7.53. The van der Waals surface area contributed by atoms with Gasteiger partial charge >= 0.3 is 11.9 Å². The molecular formula is C7H15O6P.